The molecular weight excluding hydrogens is 266 g/mol. The van der Waals surface area contributed by atoms with Crippen LogP contribution in [-0.2, 0) is 9.59 Å². The van der Waals surface area contributed by atoms with Gasteiger partial charge in [0.05, 0.1) is 17.7 Å². The third kappa shape index (κ3) is 2.54. The summed E-state index contributed by atoms with van der Waals surface area (Å²) in [7, 11) is 0. The summed E-state index contributed by atoms with van der Waals surface area (Å²) in [5, 5.41) is 12.4. The molecule has 1 aromatic carbocycles. The number of carbonyl (C=O) groups is 2. The van der Waals surface area contributed by atoms with Crippen molar-refractivity contribution in [1.29, 1.82) is 5.26 Å². The summed E-state index contributed by atoms with van der Waals surface area (Å²) in [5.41, 5.74) is 0.860. The third-order valence-corrected chi connectivity index (χ3v) is 3.23. The number of likely N-dealkylation sites (N-methyl/N-ethyl adjacent to an activating group) is 1. The molecule has 6 heteroatoms. The molecule has 1 unspecified atom stereocenters. The Morgan fingerprint density at radius 3 is 2.84 bits per heavy atom. The van der Waals surface area contributed by atoms with E-state index in [1.165, 1.54) is 4.90 Å². The van der Waals surface area contributed by atoms with Gasteiger partial charge in [-0.05, 0) is 25.1 Å². The molecule has 1 saturated heterocycles. The second-order valence-electron chi connectivity index (χ2n) is 4.18. The average molecular weight is 278 g/mol. The number of amides is 2. The number of likely N-dealkylation sites (tertiary alicyclic amines) is 1. The molecule has 1 aliphatic heterocycles. The summed E-state index contributed by atoms with van der Waals surface area (Å²) in [6.07, 6.45) is 0.101. The van der Waals surface area contributed by atoms with Crippen molar-refractivity contribution < 1.29 is 9.59 Å². The van der Waals surface area contributed by atoms with Gasteiger partial charge in [0.2, 0.25) is 5.91 Å². The first-order valence-corrected chi connectivity index (χ1v) is 6.25. The number of rotatable bonds is 3. The van der Waals surface area contributed by atoms with Gasteiger partial charge < -0.3 is 5.32 Å². The minimum absolute atomic E-state index is 0.101. The molecule has 1 aliphatic rings. The smallest absolute Gasteiger partial charge is 0.252 e. The highest BCUT2D eigenvalue weighted by atomic mass is 35.5. The second kappa shape index (κ2) is 5.29. The van der Waals surface area contributed by atoms with E-state index in [0.29, 0.717) is 22.8 Å². The topological polar surface area (TPSA) is 73.2 Å². The zero-order valence-corrected chi connectivity index (χ0v) is 11.1. The van der Waals surface area contributed by atoms with Gasteiger partial charge in [-0.2, -0.15) is 5.26 Å². The van der Waals surface area contributed by atoms with Gasteiger partial charge in [0, 0.05) is 11.6 Å². The molecule has 1 atom stereocenters. The molecule has 98 valence electrons. The van der Waals surface area contributed by atoms with Crippen molar-refractivity contribution in [3.8, 4) is 6.07 Å². The number of anilines is 1. The van der Waals surface area contributed by atoms with Crippen molar-refractivity contribution in [2.24, 2.45) is 0 Å². The van der Waals surface area contributed by atoms with Crippen LogP contribution in [0.2, 0.25) is 5.02 Å². The summed E-state index contributed by atoms with van der Waals surface area (Å²) in [5.74, 6) is -0.470. The van der Waals surface area contributed by atoms with E-state index in [4.69, 9.17) is 16.9 Å². The number of hydrogen-bond acceptors (Lipinski definition) is 4. The van der Waals surface area contributed by atoms with E-state index in [1.807, 2.05) is 6.07 Å². The van der Waals surface area contributed by atoms with Crippen LogP contribution in [0.5, 0.6) is 0 Å². The molecule has 0 spiro atoms. The van der Waals surface area contributed by atoms with Crippen LogP contribution in [0.1, 0.15) is 18.9 Å². The summed E-state index contributed by atoms with van der Waals surface area (Å²) in [6.45, 7) is 2.11. The number of nitrogens with one attached hydrogen (secondary N) is 1. The standard InChI is InChI=1S/C13H12ClN3O2/c1-2-17-12(18)6-11(13(17)19)16-10-5-9(14)4-3-8(10)7-15/h3-5,11,16H,2,6H2,1H3. The minimum Gasteiger partial charge on any atom is -0.372 e. The number of benzene rings is 1. The normalized spacial score (nSPS) is 18.6. The number of nitrogens with zero attached hydrogens (tertiary/aromatic N) is 2. The Balaban J connectivity index is 2.23. The van der Waals surface area contributed by atoms with E-state index in [2.05, 4.69) is 5.32 Å². The fourth-order valence-corrected chi connectivity index (χ4v) is 2.22. The first-order valence-electron chi connectivity index (χ1n) is 5.87. The van der Waals surface area contributed by atoms with Crippen LogP contribution in [-0.4, -0.2) is 29.3 Å². The lowest BCUT2D eigenvalue weighted by atomic mass is 10.1. The fourth-order valence-electron chi connectivity index (χ4n) is 2.05. The first-order chi connectivity index (χ1) is 9.06. The van der Waals surface area contributed by atoms with Gasteiger partial charge in [0.25, 0.3) is 5.91 Å². The van der Waals surface area contributed by atoms with Crippen molar-refractivity contribution in [3.63, 3.8) is 0 Å². The predicted molar refractivity (Wildman–Crippen MR) is 70.6 cm³/mol. The van der Waals surface area contributed by atoms with E-state index in [1.54, 1.807) is 25.1 Å². The lowest BCUT2D eigenvalue weighted by Crippen LogP contribution is -2.34. The molecule has 0 saturated carbocycles. The highest BCUT2D eigenvalue weighted by Gasteiger charge is 2.37. The van der Waals surface area contributed by atoms with E-state index in [0.717, 1.165) is 0 Å². The van der Waals surface area contributed by atoms with Crippen molar-refractivity contribution in [2.45, 2.75) is 19.4 Å². The lowest BCUT2D eigenvalue weighted by Gasteiger charge is -2.15. The Labute approximate surface area is 115 Å². The zero-order chi connectivity index (χ0) is 14.0. The van der Waals surface area contributed by atoms with Crippen molar-refractivity contribution in [1.82, 2.24) is 4.90 Å². The zero-order valence-electron chi connectivity index (χ0n) is 10.3. The Morgan fingerprint density at radius 2 is 2.26 bits per heavy atom. The summed E-state index contributed by atoms with van der Waals surface area (Å²) < 4.78 is 0. The molecule has 1 aromatic rings. The molecule has 1 heterocycles. The SMILES string of the molecule is CCN1C(=O)CC(Nc2cc(Cl)ccc2C#N)C1=O. The van der Waals surface area contributed by atoms with Crippen LogP contribution in [0, 0.1) is 11.3 Å². The van der Waals surface area contributed by atoms with Crippen LogP contribution in [0.25, 0.3) is 0 Å². The van der Waals surface area contributed by atoms with Crippen LogP contribution >= 0.6 is 11.6 Å². The molecule has 2 rings (SSSR count). The summed E-state index contributed by atoms with van der Waals surface area (Å²) in [6, 6.07) is 6.14. The van der Waals surface area contributed by atoms with Gasteiger partial charge in [-0.3, -0.25) is 14.5 Å². The predicted octanol–water partition coefficient (Wildman–Crippen LogP) is 1.77. The fraction of sp³-hybridized carbons (Fsp3) is 0.308. The van der Waals surface area contributed by atoms with Crippen molar-refractivity contribution in [3.05, 3.63) is 28.8 Å². The molecule has 2 amide bonds. The maximum absolute atomic E-state index is 12.0. The van der Waals surface area contributed by atoms with E-state index >= 15 is 0 Å². The molecule has 5 nitrogen and oxygen atoms in total. The van der Waals surface area contributed by atoms with Crippen LogP contribution in [0.15, 0.2) is 18.2 Å². The van der Waals surface area contributed by atoms with Gasteiger partial charge in [-0.15, -0.1) is 0 Å². The number of nitriles is 1. The number of hydrogen-bond donors (Lipinski definition) is 1. The van der Waals surface area contributed by atoms with Gasteiger partial charge in [0.15, 0.2) is 0 Å². The molecule has 0 bridgehead atoms. The highest BCUT2D eigenvalue weighted by molar-refractivity contribution is 6.30. The Hall–Kier alpha value is -2.06. The molecule has 1 fully saturated rings. The number of imide groups is 1. The van der Waals surface area contributed by atoms with Gasteiger partial charge in [0.1, 0.15) is 12.1 Å². The van der Waals surface area contributed by atoms with Crippen LogP contribution < -0.4 is 5.32 Å². The lowest BCUT2D eigenvalue weighted by molar-refractivity contribution is -0.138. The average Bonchev–Trinajstić information content (AvgIpc) is 2.64. The van der Waals surface area contributed by atoms with Crippen molar-refractivity contribution >= 4 is 29.1 Å². The number of halogens is 1. The Morgan fingerprint density at radius 1 is 1.53 bits per heavy atom. The quantitative estimate of drug-likeness (QED) is 0.855. The Kier molecular flexibility index (Phi) is 3.72. The van der Waals surface area contributed by atoms with Gasteiger partial charge in [-0.1, -0.05) is 11.6 Å². The number of carbonyl (C=O) groups excluding carboxylic acids is 2. The minimum atomic E-state index is -0.627. The van der Waals surface area contributed by atoms with E-state index in [9.17, 15) is 9.59 Å². The molecule has 0 aromatic heterocycles. The highest BCUT2D eigenvalue weighted by Crippen LogP contribution is 2.24. The second-order valence-corrected chi connectivity index (χ2v) is 4.62. The van der Waals surface area contributed by atoms with E-state index < -0.39 is 6.04 Å². The van der Waals surface area contributed by atoms with Gasteiger partial charge in [-0.25, -0.2) is 0 Å². The third-order valence-electron chi connectivity index (χ3n) is 2.99. The van der Waals surface area contributed by atoms with Crippen LogP contribution in [0.3, 0.4) is 0 Å². The van der Waals surface area contributed by atoms with Crippen LogP contribution in [0.4, 0.5) is 5.69 Å². The summed E-state index contributed by atoms with van der Waals surface area (Å²) in [4.78, 5) is 24.8. The first kappa shape index (κ1) is 13.4. The maximum Gasteiger partial charge on any atom is 0.252 e. The van der Waals surface area contributed by atoms with Gasteiger partial charge >= 0.3 is 0 Å². The van der Waals surface area contributed by atoms with E-state index in [-0.39, 0.29) is 18.2 Å². The molecule has 1 N–H and O–H groups in total. The maximum atomic E-state index is 12.0. The molecular formula is C13H12ClN3O2. The molecule has 0 aliphatic carbocycles. The monoisotopic (exact) mass is 277 g/mol. The van der Waals surface area contributed by atoms with Crippen molar-refractivity contribution in [2.75, 3.05) is 11.9 Å². The largest absolute Gasteiger partial charge is 0.372 e. The summed E-state index contributed by atoms with van der Waals surface area (Å²) >= 11 is 5.87. The Bertz CT molecular complexity index is 580. The molecule has 19 heavy (non-hydrogen) atoms. The molecule has 0 radical (unpaired) electrons.